The minimum absolute atomic E-state index is 0.0241. The van der Waals surface area contributed by atoms with Crippen LogP contribution in [0.3, 0.4) is 0 Å². The summed E-state index contributed by atoms with van der Waals surface area (Å²) in [6.07, 6.45) is 0. The molecule has 0 aromatic heterocycles. The zero-order chi connectivity index (χ0) is 16.0. The monoisotopic (exact) mass is 290 g/mol. The van der Waals surface area contributed by atoms with E-state index in [2.05, 4.69) is 11.8 Å². The van der Waals surface area contributed by atoms with E-state index >= 15 is 0 Å². The van der Waals surface area contributed by atoms with E-state index in [0.29, 0.717) is 18.0 Å². The third-order valence-corrected chi connectivity index (χ3v) is 2.98. The molecule has 21 heavy (non-hydrogen) atoms. The van der Waals surface area contributed by atoms with Crippen molar-refractivity contribution in [3.63, 3.8) is 0 Å². The summed E-state index contributed by atoms with van der Waals surface area (Å²) in [6, 6.07) is 4.45. The van der Waals surface area contributed by atoms with Gasteiger partial charge >= 0.3 is 0 Å². The van der Waals surface area contributed by atoms with Gasteiger partial charge in [0.2, 0.25) is 0 Å². The Bertz CT molecular complexity index is 556. The van der Waals surface area contributed by atoms with Crippen molar-refractivity contribution < 1.29 is 9.18 Å². The van der Waals surface area contributed by atoms with Crippen LogP contribution in [0.25, 0.3) is 0 Å². The zero-order valence-electron chi connectivity index (χ0n) is 13.1. The molecule has 114 valence electrons. The first-order valence-electron chi connectivity index (χ1n) is 7.16. The first-order chi connectivity index (χ1) is 9.86. The molecule has 0 atom stereocenters. The first-order valence-corrected chi connectivity index (χ1v) is 7.16. The average Bonchev–Trinajstić information content (AvgIpc) is 2.41. The van der Waals surface area contributed by atoms with Crippen LogP contribution in [-0.2, 0) is 0 Å². The topological polar surface area (TPSA) is 46.3 Å². The van der Waals surface area contributed by atoms with Crippen molar-refractivity contribution in [2.24, 2.45) is 11.7 Å². The molecule has 3 nitrogen and oxygen atoms in total. The second kappa shape index (κ2) is 7.80. The van der Waals surface area contributed by atoms with Crippen LogP contribution in [0.2, 0.25) is 0 Å². The van der Waals surface area contributed by atoms with E-state index in [1.54, 1.807) is 11.0 Å². The van der Waals surface area contributed by atoms with Gasteiger partial charge in [-0.25, -0.2) is 4.39 Å². The molecule has 2 N–H and O–H groups in total. The van der Waals surface area contributed by atoms with E-state index in [1.807, 2.05) is 27.7 Å². The lowest BCUT2D eigenvalue weighted by Crippen LogP contribution is -2.39. The maximum Gasteiger partial charge on any atom is 0.257 e. The number of hydrogen-bond donors (Lipinski definition) is 1. The van der Waals surface area contributed by atoms with Crippen molar-refractivity contribution in [3.8, 4) is 11.8 Å². The third kappa shape index (κ3) is 4.87. The molecule has 0 radical (unpaired) electrons. The van der Waals surface area contributed by atoms with Crippen LogP contribution in [0.4, 0.5) is 4.39 Å². The molecule has 0 saturated carbocycles. The van der Waals surface area contributed by atoms with Gasteiger partial charge in [-0.05, 0) is 38.0 Å². The lowest BCUT2D eigenvalue weighted by Gasteiger charge is -2.28. The smallest absolute Gasteiger partial charge is 0.257 e. The highest BCUT2D eigenvalue weighted by atomic mass is 19.1. The normalized spacial score (nSPS) is 10.5. The van der Waals surface area contributed by atoms with Gasteiger partial charge in [-0.3, -0.25) is 4.79 Å². The molecule has 1 rings (SSSR count). The maximum atomic E-state index is 14.1. The lowest BCUT2D eigenvalue weighted by atomic mass is 10.1. The number of halogens is 1. The predicted molar refractivity (Wildman–Crippen MR) is 83.3 cm³/mol. The molecule has 0 aliphatic heterocycles. The fourth-order valence-electron chi connectivity index (χ4n) is 2.00. The summed E-state index contributed by atoms with van der Waals surface area (Å²) in [4.78, 5) is 14.2. The van der Waals surface area contributed by atoms with E-state index in [0.717, 1.165) is 0 Å². The molecular formula is C17H23FN2O. The summed E-state index contributed by atoms with van der Waals surface area (Å²) in [5, 5.41) is 0. The van der Waals surface area contributed by atoms with Crippen LogP contribution in [0.5, 0.6) is 0 Å². The SMILES string of the molecule is CC(C)CN(C(=O)c1ccc(C#CCN)cc1F)C(C)C. The molecule has 1 aromatic carbocycles. The molecular weight excluding hydrogens is 267 g/mol. The van der Waals surface area contributed by atoms with Crippen LogP contribution >= 0.6 is 0 Å². The standard InChI is InChI=1S/C17H23FN2O/c1-12(2)11-20(13(3)4)17(21)15-8-7-14(6-5-9-19)10-16(15)18/h7-8,10,12-13H,9,11,19H2,1-4H3. The molecule has 0 fully saturated rings. The maximum absolute atomic E-state index is 14.1. The largest absolute Gasteiger partial charge is 0.336 e. The van der Waals surface area contributed by atoms with Crippen LogP contribution in [0.1, 0.15) is 43.6 Å². The number of benzene rings is 1. The Balaban J connectivity index is 3.05. The predicted octanol–water partition coefficient (Wildman–Crippen LogP) is 2.64. The van der Waals surface area contributed by atoms with Gasteiger partial charge in [0.25, 0.3) is 5.91 Å². The van der Waals surface area contributed by atoms with E-state index in [4.69, 9.17) is 5.73 Å². The number of hydrogen-bond acceptors (Lipinski definition) is 2. The van der Waals surface area contributed by atoms with Gasteiger partial charge < -0.3 is 10.6 Å². The minimum atomic E-state index is -0.543. The highest BCUT2D eigenvalue weighted by Crippen LogP contribution is 2.15. The van der Waals surface area contributed by atoms with Crippen LogP contribution in [0.15, 0.2) is 18.2 Å². The number of nitrogens with two attached hydrogens (primary N) is 1. The van der Waals surface area contributed by atoms with Crippen molar-refractivity contribution in [1.82, 2.24) is 4.90 Å². The Morgan fingerprint density at radius 3 is 2.48 bits per heavy atom. The van der Waals surface area contributed by atoms with Gasteiger partial charge in [0.15, 0.2) is 0 Å². The fourth-order valence-corrected chi connectivity index (χ4v) is 2.00. The van der Waals surface area contributed by atoms with E-state index in [-0.39, 0.29) is 24.1 Å². The highest BCUT2D eigenvalue weighted by molar-refractivity contribution is 5.94. The number of carbonyl (C=O) groups is 1. The molecule has 0 aliphatic rings. The summed E-state index contributed by atoms with van der Waals surface area (Å²) in [5.74, 6) is 4.92. The molecule has 0 saturated heterocycles. The summed E-state index contributed by atoms with van der Waals surface area (Å²) >= 11 is 0. The van der Waals surface area contributed by atoms with E-state index in [1.165, 1.54) is 12.1 Å². The van der Waals surface area contributed by atoms with Crippen molar-refractivity contribution >= 4 is 5.91 Å². The van der Waals surface area contributed by atoms with Gasteiger partial charge in [0, 0.05) is 18.2 Å². The van der Waals surface area contributed by atoms with Gasteiger partial charge in [0.05, 0.1) is 12.1 Å². The molecule has 1 aromatic rings. The number of nitrogens with zero attached hydrogens (tertiary/aromatic N) is 1. The molecule has 4 heteroatoms. The molecule has 0 aliphatic carbocycles. The number of amides is 1. The quantitative estimate of drug-likeness (QED) is 0.867. The fraction of sp³-hybridized carbons (Fsp3) is 0.471. The minimum Gasteiger partial charge on any atom is -0.336 e. The Morgan fingerprint density at radius 1 is 1.33 bits per heavy atom. The molecule has 1 amide bonds. The summed E-state index contributed by atoms with van der Waals surface area (Å²) in [6.45, 7) is 8.75. The van der Waals surface area contributed by atoms with Crippen LogP contribution in [-0.4, -0.2) is 29.9 Å². The molecule has 0 unspecified atom stereocenters. The average molecular weight is 290 g/mol. The highest BCUT2D eigenvalue weighted by Gasteiger charge is 2.22. The van der Waals surface area contributed by atoms with E-state index in [9.17, 15) is 9.18 Å². The lowest BCUT2D eigenvalue weighted by molar-refractivity contribution is 0.0677. The second-order valence-corrected chi connectivity index (χ2v) is 5.65. The Morgan fingerprint density at radius 2 is 2.00 bits per heavy atom. The molecule has 0 spiro atoms. The van der Waals surface area contributed by atoms with Crippen LogP contribution < -0.4 is 5.73 Å². The Kier molecular flexibility index (Phi) is 6.39. The van der Waals surface area contributed by atoms with Crippen LogP contribution in [0, 0.1) is 23.6 Å². The van der Waals surface area contributed by atoms with Gasteiger partial charge in [0.1, 0.15) is 5.82 Å². The van der Waals surface area contributed by atoms with Crippen molar-refractivity contribution in [2.75, 3.05) is 13.1 Å². The number of rotatable bonds is 4. The summed E-state index contributed by atoms with van der Waals surface area (Å²) in [5.41, 5.74) is 5.89. The molecule has 0 bridgehead atoms. The van der Waals surface area contributed by atoms with Crippen molar-refractivity contribution in [3.05, 3.63) is 35.1 Å². The van der Waals surface area contributed by atoms with Gasteiger partial charge in [-0.15, -0.1) is 0 Å². The summed E-state index contributed by atoms with van der Waals surface area (Å²) < 4.78 is 14.1. The van der Waals surface area contributed by atoms with Crippen molar-refractivity contribution in [1.29, 1.82) is 0 Å². The second-order valence-electron chi connectivity index (χ2n) is 5.65. The zero-order valence-corrected chi connectivity index (χ0v) is 13.1. The Labute approximate surface area is 126 Å². The van der Waals surface area contributed by atoms with Crippen molar-refractivity contribution in [2.45, 2.75) is 33.7 Å². The Hall–Kier alpha value is -1.86. The number of carbonyl (C=O) groups excluding carboxylic acids is 1. The first kappa shape index (κ1) is 17.2. The van der Waals surface area contributed by atoms with Gasteiger partial charge in [-0.1, -0.05) is 25.7 Å². The third-order valence-electron chi connectivity index (χ3n) is 2.98. The van der Waals surface area contributed by atoms with E-state index < -0.39 is 5.82 Å². The summed E-state index contributed by atoms with van der Waals surface area (Å²) in [7, 11) is 0. The molecule has 0 heterocycles. The van der Waals surface area contributed by atoms with Gasteiger partial charge in [-0.2, -0.15) is 0 Å².